The topological polar surface area (TPSA) is 69.7 Å². The minimum atomic E-state index is -3.78. The van der Waals surface area contributed by atoms with Gasteiger partial charge in [-0.1, -0.05) is 82.4 Å². The standard InChI is InChI=1S/C25H42O5S2/c1-4-5-6-7-8-9-10-11-12-13-23(18-20-31-21-19-25(26)29-3)30-32(27,28)24-16-14-22(2)15-17-24/h14-17,23H,4-13,18-21H2,1-3H3. The van der Waals surface area contributed by atoms with Gasteiger partial charge in [0.15, 0.2) is 0 Å². The molecule has 1 aromatic rings. The van der Waals surface area contributed by atoms with E-state index in [2.05, 4.69) is 11.7 Å². The molecule has 0 radical (unpaired) electrons. The molecule has 0 aromatic heterocycles. The Labute approximate surface area is 200 Å². The van der Waals surface area contributed by atoms with Crippen molar-refractivity contribution >= 4 is 27.8 Å². The highest BCUT2D eigenvalue weighted by atomic mass is 32.2. The summed E-state index contributed by atoms with van der Waals surface area (Å²) in [6, 6.07) is 6.78. The number of unbranched alkanes of at least 4 members (excludes halogenated alkanes) is 8. The first kappa shape index (κ1) is 29.0. The molecule has 184 valence electrons. The molecule has 0 bridgehead atoms. The van der Waals surface area contributed by atoms with Crippen molar-refractivity contribution in [2.75, 3.05) is 18.6 Å². The molecule has 7 heteroatoms. The third-order valence-electron chi connectivity index (χ3n) is 5.46. The van der Waals surface area contributed by atoms with Crippen molar-refractivity contribution in [2.24, 2.45) is 0 Å². The zero-order chi connectivity index (χ0) is 23.7. The first-order valence-electron chi connectivity index (χ1n) is 12.0. The average molecular weight is 487 g/mol. The Morgan fingerprint density at radius 3 is 2.09 bits per heavy atom. The van der Waals surface area contributed by atoms with E-state index in [1.807, 2.05) is 6.92 Å². The van der Waals surface area contributed by atoms with Crippen LogP contribution in [0.2, 0.25) is 0 Å². The molecule has 0 spiro atoms. The fraction of sp³-hybridized carbons (Fsp3) is 0.720. The maximum Gasteiger partial charge on any atom is 0.306 e. The average Bonchev–Trinajstić information content (AvgIpc) is 2.77. The fourth-order valence-electron chi connectivity index (χ4n) is 3.44. The second kappa shape index (κ2) is 17.4. The number of hydrogen-bond donors (Lipinski definition) is 0. The number of methoxy groups -OCH3 is 1. The first-order valence-corrected chi connectivity index (χ1v) is 14.6. The molecule has 0 heterocycles. The Kier molecular flexibility index (Phi) is 15.8. The molecule has 1 atom stereocenters. The van der Waals surface area contributed by atoms with Crippen molar-refractivity contribution in [3.8, 4) is 0 Å². The molecule has 32 heavy (non-hydrogen) atoms. The van der Waals surface area contributed by atoms with Crippen LogP contribution in [0.5, 0.6) is 0 Å². The highest BCUT2D eigenvalue weighted by molar-refractivity contribution is 7.99. The highest BCUT2D eigenvalue weighted by Gasteiger charge is 2.21. The summed E-state index contributed by atoms with van der Waals surface area (Å²) in [5.74, 6) is 1.20. The van der Waals surface area contributed by atoms with Gasteiger partial charge in [-0.3, -0.25) is 8.98 Å². The Morgan fingerprint density at radius 2 is 1.50 bits per heavy atom. The van der Waals surface area contributed by atoms with Gasteiger partial charge in [0.25, 0.3) is 10.1 Å². The fourth-order valence-corrected chi connectivity index (χ4v) is 5.51. The number of esters is 1. The van der Waals surface area contributed by atoms with E-state index in [1.54, 1.807) is 36.0 Å². The lowest BCUT2D eigenvalue weighted by atomic mass is 10.0. The number of carbonyl (C=O) groups is 1. The van der Waals surface area contributed by atoms with Gasteiger partial charge in [-0.25, -0.2) is 0 Å². The van der Waals surface area contributed by atoms with Gasteiger partial charge in [0.1, 0.15) is 0 Å². The van der Waals surface area contributed by atoms with Crippen molar-refractivity contribution < 1.29 is 22.1 Å². The first-order chi connectivity index (χ1) is 15.4. The second-order valence-corrected chi connectivity index (χ2v) is 11.1. The van der Waals surface area contributed by atoms with Gasteiger partial charge in [-0.05, 0) is 37.7 Å². The van der Waals surface area contributed by atoms with Crippen molar-refractivity contribution in [3.63, 3.8) is 0 Å². The minimum Gasteiger partial charge on any atom is -0.469 e. The van der Waals surface area contributed by atoms with Crippen molar-refractivity contribution in [1.82, 2.24) is 0 Å². The van der Waals surface area contributed by atoms with E-state index < -0.39 is 10.1 Å². The summed E-state index contributed by atoms with van der Waals surface area (Å²) in [5, 5.41) is 0. The van der Waals surface area contributed by atoms with Crippen LogP contribution in [-0.4, -0.2) is 39.1 Å². The lowest BCUT2D eigenvalue weighted by Crippen LogP contribution is -2.20. The van der Waals surface area contributed by atoms with E-state index in [9.17, 15) is 13.2 Å². The number of benzene rings is 1. The maximum absolute atomic E-state index is 12.7. The van der Waals surface area contributed by atoms with Crippen molar-refractivity contribution in [1.29, 1.82) is 0 Å². The molecule has 1 aromatic carbocycles. The molecule has 0 aliphatic heterocycles. The van der Waals surface area contributed by atoms with Crippen LogP contribution in [0.1, 0.15) is 89.5 Å². The normalized spacial score (nSPS) is 12.6. The number of rotatable bonds is 19. The molecule has 5 nitrogen and oxygen atoms in total. The predicted molar refractivity (Wildman–Crippen MR) is 134 cm³/mol. The molecular formula is C25H42O5S2. The van der Waals surface area contributed by atoms with Gasteiger partial charge < -0.3 is 4.74 Å². The number of aryl methyl sites for hydroxylation is 1. The molecular weight excluding hydrogens is 444 g/mol. The third-order valence-corrected chi connectivity index (χ3v) is 7.86. The molecule has 0 amide bonds. The van der Waals surface area contributed by atoms with Crippen LogP contribution < -0.4 is 0 Å². The van der Waals surface area contributed by atoms with Crippen LogP contribution >= 0.6 is 11.8 Å². The molecule has 0 saturated carbocycles. The van der Waals surface area contributed by atoms with Crippen LogP contribution in [0.4, 0.5) is 0 Å². The minimum absolute atomic E-state index is 0.207. The van der Waals surface area contributed by atoms with Gasteiger partial charge in [0, 0.05) is 5.75 Å². The molecule has 0 saturated heterocycles. The summed E-state index contributed by atoms with van der Waals surface area (Å²) in [6.07, 6.45) is 12.5. The number of carbonyl (C=O) groups excluding carboxylic acids is 1. The monoisotopic (exact) mass is 486 g/mol. The van der Waals surface area contributed by atoms with Gasteiger partial charge in [0.05, 0.1) is 24.5 Å². The summed E-state index contributed by atoms with van der Waals surface area (Å²) in [7, 11) is -2.39. The van der Waals surface area contributed by atoms with Gasteiger partial charge in [-0.2, -0.15) is 20.2 Å². The quantitative estimate of drug-likeness (QED) is 0.123. The molecule has 0 aliphatic carbocycles. The van der Waals surface area contributed by atoms with E-state index >= 15 is 0 Å². The summed E-state index contributed by atoms with van der Waals surface area (Å²) in [6.45, 7) is 4.16. The smallest absolute Gasteiger partial charge is 0.306 e. The van der Waals surface area contributed by atoms with E-state index in [-0.39, 0.29) is 17.0 Å². The zero-order valence-corrected chi connectivity index (χ0v) is 21.8. The lowest BCUT2D eigenvalue weighted by molar-refractivity contribution is -0.140. The van der Waals surface area contributed by atoms with Crippen LogP contribution in [0, 0.1) is 6.92 Å². The zero-order valence-electron chi connectivity index (χ0n) is 20.1. The summed E-state index contributed by atoms with van der Waals surface area (Å²) in [5.41, 5.74) is 1.01. The summed E-state index contributed by atoms with van der Waals surface area (Å²) >= 11 is 1.63. The number of ether oxygens (including phenoxy) is 1. The second-order valence-electron chi connectivity index (χ2n) is 8.33. The highest BCUT2D eigenvalue weighted by Crippen LogP contribution is 2.22. The van der Waals surface area contributed by atoms with Crippen LogP contribution in [0.25, 0.3) is 0 Å². The van der Waals surface area contributed by atoms with Crippen molar-refractivity contribution in [3.05, 3.63) is 29.8 Å². The van der Waals surface area contributed by atoms with E-state index in [0.29, 0.717) is 18.6 Å². The van der Waals surface area contributed by atoms with Gasteiger partial charge in [0.2, 0.25) is 0 Å². The predicted octanol–water partition coefficient (Wildman–Crippen LogP) is 6.68. The Balaban J connectivity index is 2.47. The Bertz CT molecular complexity index is 716. The van der Waals surface area contributed by atoms with Crippen LogP contribution in [-0.2, 0) is 23.8 Å². The van der Waals surface area contributed by atoms with Crippen LogP contribution in [0.3, 0.4) is 0 Å². The molecule has 1 rings (SSSR count). The lowest BCUT2D eigenvalue weighted by Gasteiger charge is -2.18. The summed E-state index contributed by atoms with van der Waals surface area (Å²) < 4.78 is 35.8. The van der Waals surface area contributed by atoms with Gasteiger partial charge in [-0.15, -0.1) is 0 Å². The molecule has 0 N–H and O–H groups in total. The SMILES string of the molecule is CCCCCCCCCCCC(CCSCCC(=O)OC)OS(=O)(=O)c1ccc(C)cc1. The van der Waals surface area contributed by atoms with Gasteiger partial charge >= 0.3 is 5.97 Å². The number of thioether (sulfide) groups is 1. The molecule has 0 aliphatic rings. The Hall–Kier alpha value is -1.05. The number of hydrogen-bond acceptors (Lipinski definition) is 6. The van der Waals surface area contributed by atoms with E-state index in [0.717, 1.165) is 30.6 Å². The Morgan fingerprint density at radius 1 is 0.906 bits per heavy atom. The maximum atomic E-state index is 12.7. The third kappa shape index (κ3) is 13.5. The molecule has 0 fully saturated rings. The van der Waals surface area contributed by atoms with E-state index in [4.69, 9.17) is 4.18 Å². The summed E-state index contributed by atoms with van der Waals surface area (Å²) in [4.78, 5) is 11.4. The van der Waals surface area contributed by atoms with E-state index in [1.165, 1.54) is 52.1 Å². The van der Waals surface area contributed by atoms with Crippen molar-refractivity contribution in [2.45, 2.75) is 102 Å². The largest absolute Gasteiger partial charge is 0.469 e. The van der Waals surface area contributed by atoms with Crippen LogP contribution in [0.15, 0.2) is 29.2 Å². The molecule has 1 unspecified atom stereocenters.